The van der Waals surface area contributed by atoms with Gasteiger partial charge >= 0.3 is 0 Å². The van der Waals surface area contributed by atoms with Crippen LogP contribution >= 0.6 is 11.6 Å². The normalized spacial score (nSPS) is 11.1. The Morgan fingerprint density at radius 1 is 0.818 bits per heavy atom. The van der Waals surface area contributed by atoms with Crippen molar-refractivity contribution in [1.29, 1.82) is 0 Å². The van der Waals surface area contributed by atoms with Crippen molar-refractivity contribution in [3.05, 3.63) is 77.3 Å². The second-order valence-corrected chi connectivity index (χ2v) is 5.63. The third-order valence-corrected chi connectivity index (χ3v) is 4.18. The van der Waals surface area contributed by atoms with Gasteiger partial charge in [0, 0.05) is 21.4 Å². The van der Waals surface area contributed by atoms with Crippen LogP contribution in [0.25, 0.3) is 27.5 Å². The summed E-state index contributed by atoms with van der Waals surface area (Å²) in [4.78, 5) is 11.4. The topological polar surface area (TPSA) is 22.0 Å². The summed E-state index contributed by atoms with van der Waals surface area (Å²) in [6, 6.07) is 21.7. The van der Waals surface area contributed by atoms with E-state index in [1.807, 2.05) is 30.3 Å². The Hall–Kier alpha value is -2.58. The van der Waals surface area contributed by atoms with Crippen molar-refractivity contribution < 1.29 is 4.79 Å². The first-order valence-corrected chi connectivity index (χ1v) is 7.40. The molecule has 2 nitrogen and oxygen atoms in total. The number of para-hydroxylation sites is 2. The SMILES string of the molecule is O=Cc1ccc(Cl)cc1-n1c2ccccc2c2ccccc21. The molecular weight excluding hydrogens is 294 g/mol. The average molecular weight is 306 g/mol. The second-order valence-electron chi connectivity index (χ2n) is 5.19. The van der Waals surface area contributed by atoms with Gasteiger partial charge in [0.2, 0.25) is 0 Å². The largest absolute Gasteiger partial charge is 0.308 e. The molecule has 1 heterocycles. The number of nitrogens with zero attached hydrogens (tertiary/aromatic N) is 1. The van der Waals surface area contributed by atoms with Crippen LogP contribution in [-0.2, 0) is 0 Å². The highest BCUT2D eigenvalue weighted by Gasteiger charge is 2.14. The molecule has 0 bridgehead atoms. The molecule has 0 spiro atoms. The Balaban J connectivity index is 2.22. The Morgan fingerprint density at radius 2 is 1.41 bits per heavy atom. The monoisotopic (exact) mass is 305 g/mol. The van der Waals surface area contributed by atoms with Crippen LogP contribution in [0.2, 0.25) is 5.02 Å². The zero-order valence-electron chi connectivity index (χ0n) is 11.7. The van der Waals surface area contributed by atoms with E-state index in [-0.39, 0.29) is 0 Å². The summed E-state index contributed by atoms with van der Waals surface area (Å²) in [7, 11) is 0. The van der Waals surface area contributed by atoms with Gasteiger partial charge in [-0.2, -0.15) is 0 Å². The number of carbonyl (C=O) groups excluding carboxylic acids is 1. The molecule has 0 saturated heterocycles. The second kappa shape index (κ2) is 5.00. The number of rotatable bonds is 2. The van der Waals surface area contributed by atoms with Gasteiger partial charge in [-0.05, 0) is 30.3 Å². The first-order chi connectivity index (χ1) is 10.8. The Morgan fingerprint density at radius 3 is 2.00 bits per heavy atom. The van der Waals surface area contributed by atoms with Gasteiger partial charge in [0.1, 0.15) is 0 Å². The molecule has 0 fully saturated rings. The molecule has 3 aromatic carbocycles. The minimum absolute atomic E-state index is 0.613. The van der Waals surface area contributed by atoms with E-state index in [1.54, 1.807) is 12.1 Å². The van der Waals surface area contributed by atoms with Crippen molar-refractivity contribution >= 4 is 39.7 Å². The minimum Gasteiger partial charge on any atom is -0.308 e. The summed E-state index contributed by atoms with van der Waals surface area (Å²) in [6.45, 7) is 0. The van der Waals surface area contributed by atoms with Gasteiger partial charge < -0.3 is 4.57 Å². The van der Waals surface area contributed by atoms with Crippen molar-refractivity contribution in [1.82, 2.24) is 4.57 Å². The Kier molecular flexibility index (Phi) is 2.98. The van der Waals surface area contributed by atoms with E-state index in [4.69, 9.17) is 11.6 Å². The molecule has 0 saturated carbocycles. The lowest BCUT2D eigenvalue weighted by molar-refractivity contribution is 0.112. The molecule has 0 N–H and O–H groups in total. The smallest absolute Gasteiger partial charge is 0.152 e. The predicted octanol–water partition coefficient (Wildman–Crippen LogP) is 5.25. The number of hydrogen-bond donors (Lipinski definition) is 0. The van der Waals surface area contributed by atoms with Crippen LogP contribution in [0.3, 0.4) is 0 Å². The number of carbonyl (C=O) groups is 1. The quantitative estimate of drug-likeness (QED) is 0.464. The maximum absolute atomic E-state index is 11.4. The maximum atomic E-state index is 11.4. The lowest BCUT2D eigenvalue weighted by Gasteiger charge is -2.10. The van der Waals surface area contributed by atoms with Gasteiger partial charge in [0.05, 0.1) is 16.7 Å². The van der Waals surface area contributed by atoms with Gasteiger partial charge in [0.25, 0.3) is 0 Å². The summed E-state index contributed by atoms with van der Waals surface area (Å²) in [5.74, 6) is 0. The van der Waals surface area contributed by atoms with Crippen molar-refractivity contribution in [3.8, 4) is 5.69 Å². The molecule has 0 amide bonds. The molecule has 0 aliphatic heterocycles. The van der Waals surface area contributed by atoms with Crippen LogP contribution in [0.1, 0.15) is 10.4 Å². The van der Waals surface area contributed by atoms with E-state index < -0.39 is 0 Å². The van der Waals surface area contributed by atoms with Crippen molar-refractivity contribution in [2.24, 2.45) is 0 Å². The fourth-order valence-corrected chi connectivity index (χ4v) is 3.16. The lowest BCUT2D eigenvalue weighted by atomic mass is 10.2. The molecule has 3 heteroatoms. The van der Waals surface area contributed by atoms with Crippen molar-refractivity contribution in [3.63, 3.8) is 0 Å². The number of hydrogen-bond acceptors (Lipinski definition) is 1. The van der Waals surface area contributed by atoms with E-state index in [0.717, 1.165) is 33.8 Å². The highest BCUT2D eigenvalue weighted by Crippen LogP contribution is 2.33. The summed E-state index contributed by atoms with van der Waals surface area (Å²) in [6.07, 6.45) is 0.870. The highest BCUT2D eigenvalue weighted by molar-refractivity contribution is 6.31. The highest BCUT2D eigenvalue weighted by atomic mass is 35.5. The van der Waals surface area contributed by atoms with Gasteiger partial charge in [-0.3, -0.25) is 4.79 Å². The van der Waals surface area contributed by atoms with Crippen LogP contribution in [0.5, 0.6) is 0 Å². The molecule has 0 aliphatic carbocycles. The summed E-state index contributed by atoms with van der Waals surface area (Å²) in [5, 5.41) is 2.94. The number of aromatic nitrogens is 1. The minimum atomic E-state index is 0.613. The molecule has 4 aromatic rings. The molecule has 0 aliphatic rings. The number of aldehydes is 1. The van der Waals surface area contributed by atoms with E-state index in [1.165, 1.54) is 0 Å². The third-order valence-electron chi connectivity index (χ3n) is 3.94. The third kappa shape index (κ3) is 1.85. The van der Waals surface area contributed by atoms with Crippen molar-refractivity contribution in [2.75, 3.05) is 0 Å². The molecule has 0 atom stereocenters. The summed E-state index contributed by atoms with van der Waals surface area (Å²) in [5.41, 5.74) is 3.55. The first kappa shape index (κ1) is 13.1. The fraction of sp³-hybridized carbons (Fsp3) is 0. The molecule has 1 aromatic heterocycles. The zero-order chi connectivity index (χ0) is 15.1. The lowest BCUT2D eigenvalue weighted by Crippen LogP contribution is -1.98. The number of benzene rings is 3. The average Bonchev–Trinajstić information content (AvgIpc) is 2.89. The van der Waals surface area contributed by atoms with E-state index in [9.17, 15) is 4.79 Å². The standard InChI is InChI=1S/C19H12ClNO/c20-14-10-9-13(12-22)19(11-14)21-17-7-3-1-5-15(17)16-6-2-4-8-18(16)21/h1-12H. The van der Waals surface area contributed by atoms with Gasteiger partial charge in [-0.15, -0.1) is 0 Å². The van der Waals surface area contributed by atoms with Gasteiger partial charge in [-0.1, -0.05) is 48.0 Å². The van der Waals surface area contributed by atoms with Gasteiger partial charge in [-0.25, -0.2) is 0 Å². The number of fused-ring (bicyclic) bond motifs is 3. The predicted molar refractivity (Wildman–Crippen MR) is 91.2 cm³/mol. The van der Waals surface area contributed by atoms with Crippen molar-refractivity contribution in [2.45, 2.75) is 0 Å². The zero-order valence-corrected chi connectivity index (χ0v) is 12.4. The van der Waals surface area contributed by atoms with Crippen LogP contribution < -0.4 is 0 Å². The van der Waals surface area contributed by atoms with Crippen LogP contribution in [-0.4, -0.2) is 10.9 Å². The Bertz CT molecular complexity index is 963. The first-order valence-electron chi connectivity index (χ1n) is 7.03. The molecule has 22 heavy (non-hydrogen) atoms. The summed E-state index contributed by atoms with van der Waals surface area (Å²) >= 11 is 6.16. The number of halogens is 1. The van der Waals surface area contributed by atoms with E-state index in [2.05, 4.69) is 28.8 Å². The summed E-state index contributed by atoms with van der Waals surface area (Å²) < 4.78 is 2.10. The molecular formula is C19H12ClNO. The maximum Gasteiger partial charge on any atom is 0.152 e. The molecule has 0 unspecified atom stereocenters. The van der Waals surface area contributed by atoms with Gasteiger partial charge in [0.15, 0.2) is 6.29 Å². The van der Waals surface area contributed by atoms with Crippen LogP contribution in [0, 0.1) is 0 Å². The fourth-order valence-electron chi connectivity index (χ4n) is 2.99. The van der Waals surface area contributed by atoms with Crippen LogP contribution in [0.15, 0.2) is 66.7 Å². The van der Waals surface area contributed by atoms with E-state index >= 15 is 0 Å². The molecule has 0 radical (unpaired) electrons. The van der Waals surface area contributed by atoms with E-state index in [0.29, 0.717) is 10.6 Å². The molecule has 4 rings (SSSR count). The molecule has 106 valence electrons. The van der Waals surface area contributed by atoms with Crippen LogP contribution in [0.4, 0.5) is 0 Å². The Labute approximate surface area is 132 Å².